The fourth-order valence-electron chi connectivity index (χ4n) is 3.17. The van der Waals surface area contributed by atoms with E-state index in [2.05, 4.69) is 15.1 Å². The first kappa shape index (κ1) is 17.4. The van der Waals surface area contributed by atoms with E-state index < -0.39 is 5.69 Å². The van der Waals surface area contributed by atoms with E-state index >= 15 is 0 Å². The van der Waals surface area contributed by atoms with Gasteiger partial charge in [-0.05, 0) is 30.5 Å². The number of nitrogens with one attached hydrogen (secondary N) is 2. The lowest BCUT2D eigenvalue weighted by atomic mass is 10.1. The van der Waals surface area contributed by atoms with E-state index in [1.807, 2.05) is 30.3 Å². The first-order chi connectivity index (χ1) is 14.1. The summed E-state index contributed by atoms with van der Waals surface area (Å²) < 4.78 is 1.66. The lowest BCUT2D eigenvalue weighted by Gasteiger charge is -2.05. The molecule has 0 aliphatic heterocycles. The molecule has 1 aliphatic carbocycles. The number of aromatic nitrogens is 5. The monoisotopic (exact) mass is 390 g/mol. The molecule has 1 saturated carbocycles. The molecule has 0 radical (unpaired) electrons. The molecule has 9 nitrogen and oxygen atoms in total. The summed E-state index contributed by atoms with van der Waals surface area (Å²) in [5, 5.41) is 24.4. The van der Waals surface area contributed by atoms with Crippen LogP contribution in [0.15, 0.2) is 46.3 Å². The van der Waals surface area contributed by atoms with E-state index in [9.17, 15) is 15.0 Å². The van der Waals surface area contributed by atoms with Crippen molar-refractivity contribution in [2.75, 3.05) is 0 Å². The van der Waals surface area contributed by atoms with Crippen LogP contribution in [0.4, 0.5) is 0 Å². The molecule has 4 N–H and O–H groups in total. The molecule has 0 spiro atoms. The molecule has 0 amide bonds. The fraction of sp³-hybridized carbons (Fsp3) is 0.200. The molecule has 3 aromatic heterocycles. The smallest absolute Gasteiger partial charge is 0.326 e. The number of H-pyrrole nitrogens is 2. The van der Waals surface area contributed by atoms with Crippen LogP contribution in [-0.2, 0) is 6.61 Å². The molecular formula is C20H18N6O3. The van der Waals surface area contributed by atoms with Gasteiger partial charge in [-0.3, -0.25) is 9.98 Å². The third-order valence-corrected chi connectivity index (χ3v) is 4.78. The predicted molar refractivity (Wildman–Crippen MR) is 105 cm³/mol. The molecule has 1 aliphatic rings. The predicted octanol–water partition coefficient (Wildman–Crippen LogP) is 0.221. The van der Waals surface area contributed by atoms with Crippen molar-refractivity contribution < 1.29 is 10.2 Å². The minimum Gasteiger partial charge on any atom is -0.493 e. The van der Waals surface area contributed by atoms with Gasteiger partial charge in [-0.15, -0.1) is 0 Å². The fourth-order valence-corrected chi connectivity index (χ4v) is 3.17. The highest BCUT2D eigenvalue weighted by atomic mass is 16.3. The summed E-state index contributed by atoms with van der Waals surface area (Å²) in [5.74, 6) is -0.246. The topological polar surface area (TPSA) is 132 Å². The van der Waals surface area contributed by atoms with Gasteiger partial charge in [0.1, 0.15) is 5.69 Å². The van der Waals surface area contributed by atoms with E-state index in [0.717, 1.165) is 24.0 Å². The summed E-state index contributed by atoms with van der Waals surface area (Å²) in [6.45, 7) is -0.0543. The van der Waals surface area contributed by atoms with Crippen molar-refractivity contribution in [2.24, 2.45) is 4.99 Å². The third-order valence-electron chi connectivity index (χ3n) is 4.78. The highest BCUT2D eigenvalue weighted by Crippen LogP contribution is 2.23. The molecule has 0 atom stereocenters. The van der Waals surface area contributed by atoms with Crippen LogP contribution in [0.3, 0.4) is 0 Å². The van der Waals surface area contributed by atoms with Crippen LogP contribution in [0, 0.1) is 0 Å². The van der Waals surface area contributed by atoms with Crippen molar-refractivity contribution in [3.8, 4) is 17.1 Å². The van der Waals surface area contributed by atoms with Crippen LogP contribution in [0.25, 0.3) is 23.0 Å². The largest absolute Gasteiger partial charge is 0.493 e. The summed E-state index contributed by atoms with van der Waals surface area (Å²) in [6.07, 6.45) is 5.33. The van der Waals surface area contributed by atoms with E-state index in [1.54, 1.807) is 16.8 Å². The van der Waals surface area contributed by atoms with Crippen LogP contribution in [0.5, 0.6) is 5.88 Å². The maximum absolute atomic E-state index is 11.4. The molecule has 4 aromatic rings. The average Bonchev–Trinajstić information content (AvgIpc) is 3.36. The Morgan fingerprint density at radius 3 is 2.86 bits per heavy atom. The molecule has 146 valence electrons. The van der Waals surface area contributed by atoms with Crippen molar-refractivity contribution >= 4 is 11.7 Å². The van der Waals surface area contributed by atoms with Crippen molar-refractivity contribution in [3.63, 3.8) is 0 Å². The molecule has 5 rings (SSSR count). The van der Waals surface area contributed by atoms with Gasteiger partial charge in [0.05, 0.1) is 24.5 Å². The summed E-state index contributed by atoms with van der Waals surface area (Å²) in [5.41, 5.74) is 3.35. The molecule has 0 unspecified atom stereocenters. The Kier molecular flexibility index (Phi) is 4.02. The Morgan fingerprint density at radius 1 is 1.28 bits per heavy atom. The van der Waals surface area contributed by atoms with Crippen LogP contribution in [0.2, 0.25) is 0 Å². The number of rotatable bonds is 4. The van der Waals surface area contributed by atoms with Gasteiger partial charge in [0.2, 0.25) is 5.88 Å². The zero-order valence-corrected chi connectivity index (χ0v) is 15.3. The maximum atomic E-state index is 11.4. The summed E-state index contributed by atoms with van der Waals surface area (Å²) in [6, 6.07) is 9.70. The summed E-state index contributed by atoms with van der Waals surface area (Å²) in [7, 11) is 0. The van der Waals surface area contributed by atoms with Crippen molar-refractivity contribution in [1.82, 2.24) is 24.6 Å². The van der Waals surface area contributed by atoms with Crippen LogP contribution >= 0.6 is 0 Å². The number of nitrogens with zero attached hydrogens (tertiary/aromatic N) is 4. The zero-order valence-electron chi connectivity index (χ0n) is 15.3. The maximum Gasteiger partial charge on any atom is 0.326 e. The number of aromatic hydroxyl groups is 1. The number of fused-ring (bicyclic) bond motifs is 1. The number of aliphatic hydroxyl groups is 1. The molecule has 9 heteroatoms. The first-order valence-electron chi connectivity index (χ1n) is 9.26. The zero-order chi connectivity index (χ0) is 20.0. The minimum atomic E-state index is -0.496. The van der Waals surface area contributed by atoms with Gasteiger partial charge in [-0.1, -0.05) is 18.2 Å². The molecule has 0 bridgehead atoms. The number of aliphatic hydroxyl groups excluding tert-OH is 1. The standard InChI is InChI=1S/C20H18N6O3/c27-10-11-2-1-3-12(6-11)15-8-17(22-14-4-5-14)26-18(23-15)13(9-21-26)7-16-19(28)25-20(29)24-16/h1-3,6-9,14,27-28H,4-5,10H2,(H2,24,25,29). The molecule has 29 heavy (non-hydrogen) atoms. The van der Waals surface area contributed by atoms with Gasteiger partial charge in [-0.2, -0.15) is 9.61 Å². The van der Waals surface area contributed by atoms with Crippen molar-refractivity contribution in [1.29, 1.82) is 0 Å². The van der Waals surface area contributed by atoms with E-state index in [-0.39, 0.29) is 18.2 Å². The average molecular weight is 390 g/mol. The molecule has 1 aromatic carbocycles. The second kappa shape index (κ2) is 6.71. The molecule has 3 heterocycles. The lowest BCUT2D eigenvalue weighted by molar-refractivity contribution is 0.282. The SMILES string of the molecule is O=c1[nH]c(O)c(C=c2cnn3c(=NC4CC4)cc(-c4cccc(CO)c4)nc23)[nH]1. The van der Waals surface area contributed by atoms with Crippen molar-refractivity contribution in [2.45, 2.75) is 25.5 Å². The highest BCUT2D eigenvalue weighted by Gasteiger charge is 2.20. The summed E-state index contributed by atoms with van der Waals surface area (Å²) in [4.78, 5) is 25.7. The number of hydrogen-bond acceptors (Lipinski definition) is 6. The summed E-state index contributed by atoms with van der Waals surface area (Å²) >= 11 is 0. The Morgan fingerprint density at radius 2 is 2.14 bits per heavy atom. The highest BCUT2D eigenvalue weighted by molar-refractivity contribution is 5.64. The second-order valence-electron chi connectivity index (χ2n) is 7.04. The number of benzene rings is 1. The van der Waals surface area contributed by atoms with Gasteiger partial charge in [0, 0.05) is 16.8 Å². The van der Waals surface area contributed by atoms with E-state index in [0.29, 0.717) is 28.1 Å². The lowest BCUT2D eigenvalue weighted by Crippen LogP contribution is -2.19. The quantitative estimate of drug-likeness (QED) is 0.396. The van der Waals surface area contributed by atoms with Gasteiger partial charge >= 0.3 is 5.69 Å². The Labute approximate surface area is 163 Å². The number of imidazole rings is 1. The minimum absolute atomic E-state index is 0.0543. The first-order valence-corrected chi connectivity index (χ1v) is 9.26. The van der Waals surface area contributed by atoms with E-state index in [4.69, 9.17) is 9.98 Å². The van der Waals surface area contributed by atoms with Gasteiger partial charge in [0.15, 0.2) is 11.1 Å². The second-order valence-corrected chi connectivity index (χ2v) is 7.04. The van der Waals surface area contributed by atoms with Gasteiger partial charge < -0.3 is 15.2 Å². The molecule has 0 saturated heterocycles. The third kappa shape index (κ3) is 3.32. The van der Waals surface area contributed by atoms with Crippen molar-refractivity contribution in [3.05, 3.63) is 69.0 Å². The molecular weight excluding hydrogens is 372 g/mol. The molecule has 1 fully saturated rings. The Balaban J connectivity index is 1.77. The van der Waals surface area contributed by atoms with Crippen LogP contribution in [-0.4, -0.2) is 40.8 Å². The normalized spacial score (nSPS) is 15.5. The van der Waals surface area contributed by atoms with Gasteiger partial charge in [-0.25, -0.2) is 9.78 Å². The number of aromatic amines is 2. The van der Waals surface area contributed by atoms with E-state index in [1.165, 1.54) is 0 Å². The van der Waals surface area contributed by atoms with Crippen LogP contribution < -0.4 is 16.4 Å². The Bertz CT molecular complexity index is 1390. The van der Waals surface area contributed by atoms with Crippen LogP contribution in [0.1, 0.15) is 24.1 Å². The Hall–Kier alpha value is -3.72. The number of hydrogen-bond donors (Lipinski definition) is 4. The van der Waals surface area contributed by atoms with Gasteiger partial charge in [0.25, 0.3) is 0 Å².